The molecule has 3 aromatic heterocycles. The number of amides is 3. The predicted octanol–water partition coefficient (Wildman–Crippen LogP) is 16.8. The van der Waals surface area contributed by atoms with Crippen LogP contribution < -0.4 is 33.0 Å². The Morgan fingerprint density at radius 2 is 0.929 bits per heavy atom. The molecule has 31 heteroatoms. The third-order valence-corrected chi connectivity index (χ3v) is 23.2. The van der Waals surface area contributed by atoms with Gasteiger partial charge < -0.3 is 50.5 Å². The van der Waals surface area contributed by atoms with Gasteiger partial charge in [0.2, 0.25) is 5.91 Å². The number of nitrogens with zero attached hydrogens (tertiary/aromatic N) is 10. The van der Waals surface area contributed by atoms with E-state index in [1.807, 2.05) is 90.3 Å². The topological polar surface area (TPSA) is 309 Å². The van der Waals surface area contributed by atoms with Gasteiger partial charge in [-0.15, -0.1) is 6.42 Å². The van der Waals surface area contributed by atoms with Gasteiger partial charge >= 0.3 is 18.2 Å². The maximum Gasteiger partial charge on any atom is 0.410 e. The van der Waals surface area contributed by atoms with Crippen LogP contribution in [0.25, 0.3) is 32.7 Å². The lowest BCUT2D eigenvalue weighted by atomic mass is 10.0. The lowest BCUT2D eigenvalue weighted by Gasteiger charge is -2.24. The van der Waals surface area contributed by atoms with Crippen molar-refractivity contribution in [2.75, 3.05) is 90.6 Å². The summed E-state index contributed by atoms with van der Waals surface area (Å²) in [5.74, 6) is 9.53. The molecule has 0 radical (unpaired) electrons. The molecule has 7 aromatic carbocycles. The van der Waals surface area contributed by atoms with Gasteiger partial charge in [0.15, 0.2) is 11.6 Å². The van der Waals surface area contributed by atoms with Crippen LogP contribution in [0.2, 0.25) is 0 Å². The summed E-state index contributed by atoms with van der Waals surface area (Å²) in [4.78, 5) is 129. The van der Waals surface area contributed by atoms with Crippen LogP contribution in [0.15, 0.2) is 172 Å². The highest BCUT2D eigenvalue weighted by molar-refractivity contribution is 9.11. The van der Waals surface area contributed by atoms with E-state index in [0.717, 1.165) is 110 Å². The first-order valence-electron chi connectivity index (χ1n) is 41.4. The van der Waals surface area contributed by atoms with Crippen LogP contribution >= 0.6 is 63.7 Å². The number of carbonyl (C=O) groups excluding carboxylic acids is 5. The molecule has 0 aliphatic carbocycles. The molecule has 0 saturated carbocycles. The highest BCUT2D eigenvalue weighted by atomic mass is 79.9. The Labute approximate surface area is 766 Å². The molecule has 0 bridgehead atoms. The average molecular weight is 1980 g/mol. The maximum absolute atomic E-state index is 13.3. The number of hydrogen-bond acceptors (Lipinski definition) is 18. The van der Waals surface area contributed by atoms with Crippen molar-refractivity contribution in [3.05, 3.63) is 245 Å². The molecule has 5 aliphatic heterocycles. The average Bonchev–Trinajstić information content (AvgIpc) is 1.17. The quantitative estimate of drug-likeness (QED) is 0.0561. The number of hydrogen-bond donors (Lipinski definition) is 4. The van der Waals surface area contributed by atoms with Crippen molar-refractivity contribution in [1.29, 1.82) is 0 Å². The molecule has 126 heavy (non-hydrogen) atoms. The van der Waals surface area contributed by atoms with E-state index >= 15 is 0 Å². The number of Topliss-reactive ketones (excluding diaryl/α,β-unsaturated/α-hetero) is 2. The van der Waals surface area contributed by atoms with Crippen LogP contribution in [0.4, 0.5) is 29.7 Å². The normalized spacial score (nSPS) is 17.1. The number of nitrogens with two attached hydrogens (primary N) is 1. The Balaban J connectivity index is 0.000000170. The number of carboxylic acids is 1. The van der Waals surface area contributed by atoms with Gasteiger partial charge in [-0.2, -0.15) is 0 Å². The zero-order chi connectivity index (χ0) is 92.2. The van der Waals surface area contributed by atoms with E-state index in [1.54, 1.807) is 120 Å². The van der Waals surface area contributed by atoms with Crippen LogP contribution in [0.1, 0.15) is 173 Å². The molecule has 3 amide bonds. The molecule has 5 atom stereocenters. The zero-order valence-electron chi connectivity index (χ0n) is 73.0. The number of aliphatic carboxylic acids is 1. The summed E-state index contributed by atoms with van der Waals surface area (Å²) in [6.07, 6.45) is 9.21. The maximum atomic E-state index is 13.3. The fourth-order valence-corrected chi connectivity index (χ4v) is 16.1. The molecule has 5 N–H and O–H groups in total. The van der Waals surface area contributed by atoms with Gasteiger partial charge in [-0.1, -0.05) is 107 Å². The number of carboxylic acid groups (broad SMARTS) is 1. The number of nitrogens with one attached hydrogen (secondary N) is 2. The Kier molecular flexibility index (Phi) is 35.5. The number of terminal acetylenes is 1. The molecule has 666 valence electrons. The van der Waals surface area contributed by atoms with Gasteiger partial charge in [-0.05, 0) is 235 Å². The van der Waals surface area contributed by atoms with E-state index in [-0.39, 0.29) is 64.2 Å². The number of benzene rings is 7. The minimum absolute atomic E-state index is 0.0328. The minimum atomic E-state index is -0.846. The number of ether oxygens (including phenoxy) is 2. The first-order chi connectivity index (χ1) is 59.6. The summed E-state index contributed by atoms with van der Waals surface area (Å²) >= 11 is 13.5. The van der Waals surface area contributed by atoms with Crippen molar-refractivity contribution in [1.82, 2.24) is 53.6 Å². The third-order valence-electron chi connectivity index (χ3n) is 21.3. The molecule has 8 heterocycles. The SMILES string of the molecule is C#Cc1cccc(F)c1.CC(C)(C)OC(=O)N1CCC(C(=O)O)C1.CCC(=O)c1ccc(Br)cc1N.CCC(=O)c1ccc(Br)cc1NC(=O)C1CCN(C(=O)OC(C)(C)C)C1.CN1CCC(c2nc3cc(Br)ccc3c(=O)n2C)C1.CN1CCC(c2nc3cc(C#Cc4cccc(F)c4)ccc3c(=O)n2C)C1.Cn1c(C2CCNC2)nc2cc(Br)ccc2c1=O. The van der Waals surface area contributed by atoms with E-state index in [0.29, 0.717) is 112 Å². The molecular weight excluding hydrogens is 1870 g/mol. The number of fused-ring (bicyclic) bond motifs is 3. The Morgan fingerprint density at radius 3 is 1.35 bits per heavy atom. The number of ketones is 2. The first-order valence-corrected chi connectivity index (χ1v) is 44.6. The minimum Gasteiger partial charge on any atom is -0.481 e. The van der Waals surface area contributed by atoms with Crippen molar-refractivity contribution >= 4 is 143 Å². The Bertz CT molecular complexity index is 5970. The van der Waals surface area contributed by atoms with Crippen molar-refractivity contribution < 1.29 is 52.1 Å². The fourth-order valence-electron chi connectivity index (χ4n) is 14.6. The second kappa shape index (κ2) is 45.2. The summed E-state index contributed by atoms with van der Waals surface area (Å²) in [6, 6.07) is 39.3. The third kappa shape index (κ3) is 27.9. The number of anilines is 2. The lowest BCUT2D eigenvalue weighted by Crippen LogP contribution is -2.36. The first kappa shape index (κ1) is 99.1. The van der Waals surface area contributed by atoms with E-state index in [1.165, 1.54) is 29.2 Å². The second-order valence-electron chi connectivity index (χ2n) is 33.3. The second-order valence-corrected chi connectivity index (χ2v) is 36.9. The zero-order valence-corrected chi connectivity index (χ0v) is 79.4. The van der Waals surface area contributed by atoms with E-state index in [2.05, 4.69) is 121 Å². The highest BCUT2D eigenvalue weighted by Gasteiger charge is 2.36. The fraction of sp³-hybridized carbons (Fsp3) is 0.389. The van der Waals surface area contributed by atoms with Crippen molar-refractivity contribution in [2.24, 2.45) is 33.0 Å². The van der Waals surface area contributed by atoms with Crippen molar-refractivity contribution in [2.45, 2.75) is 129 Å². The molecule has 5 saturated heterocycles. The van der Waals surface area contributed by atoms with Gasteiger partial charge in [0.05, 0.1) is 50.2 Å². The van der Waals surface area contributed by atoms with Crippen LogP contribution in [0, 0.1) is 47.7 Å². The molecule has 5 fully saturated rings. The summed E-state index contributed by atoms with van der Waals surface area (Å²) < 4.78 is 44.7. The molecular formula is C95H107Br4F2N13O12. The van der Waals surface area contributed by atoms with Crippen molar-refractivity contribution in [3.63, 3.8) is 0 Å². The molecule has 0 spiro atoms. The summed E-state index contributed by atoms with van der Waals surface area (Å²) in [7, 11) is 9.62. The molecule has 15 rings (SSSR count). The van der Waals surface area contributed by atoms with Crippen LogP contribution in [-0.2, 0) is 40.2 Å². The van der Waals surface area contributed by atoms with Crippen LogP contribution in [0.3, 0.4) is 0 Å². The van der Waals surface area contributed by atoms with E-state index < -0.39 is 35.3 Å². The van der Waals surface area contributed by atoms with Crippen molar-refractivity contribution in [3.8, 4) is 24.2 Å². The highest BCUT2D eigenvalue weighted by Crippen LogP contribution is 2.31. The molecule has 25 nitrogen and oxygen atoms in total. The van der Waals surface area contributed by atoms with Gasteiger partial charge in [-0.25, -0.2) is 33.3 Å². The summed E-state index contributed by atoms with van der Waals surface area (Å²) in [5.41, 5.74) is 10.9. The number of aromatic nitrogens is 6. The predicted molar refractivity (Wildman–Crippen MR) is 503 cm³/mol. The van der Waals surface area contributed by atoms with E-state index in [9.17, 15) is 51.9 Å². The molecule has 5 unspecified atom stereocenters. The van der Waals surface area contributed by atoms with Gasteiger partial charge in [0, 0.05) is 149 Å². The Morgan fingerprint density at radius 1 is 0.516 bits per heavy atom. The summed E-state index contributed by atoms with van der Waals surface area (Å²) in [6.45, 7) is 21.8. The Hall–Kier alpha value is -10.6. The molecule has 10 aromatic rings. The molecule has 5 aliphatic rings. The monoisotopic (exact) mass is 1980 g/mol. The van der Waals surface area contributed by atoms with Crippen LogP contribution in [-0.4, -0.2) is 180 Å². The van der Waals surface area contributed by atoms with E-state index in [4.69, 9.17) is 36.7 Å². The smallest absolute Gasteiger partial charge is 0.410 e. The van der Waals surface area contributed by atoms with Gasteiger partial charge in [-0.3, -0.25) is 47.3 Å². The lowest BCUT2D eigenvalue weighted by molar-refractivity contribution is -0.141. The number of carbonyl (C=O) groups is 6. The number of nitrogen functional groups attached to an aromatic ring is 1. The standard InChI is InChI=1S/C22H20FN3O.C19H25BrN2O4.C14H16BrN3O.C13H14BrN3O.C10H17NO4.C9H10BrNO.C8H5F/c1-25-11-10-17(14-25)21-24-20-13-16(8-9-19(20)22(27)26(21)2)7-6-15-4-3-5-18(23)12-15;1-5-16(23)14-7-6-13(20)10-15(14)21-17(24)12-8-9-22(11-12)18(25)26-19(2,3)4;1-17-6-5-9(8-17)13-16-12-7-10(15)3-4-11(12)14(19)18(13)2;1-17-12(8-4-5-15-7-8)16-11-6-9(14)2-3-10(11)13(17)18;1-10(2,3)15-9(14)11-5-4-7(6-11)8(12)13;1-2-9(12)7-4-3-6(10)5-8(7)11;1-2-7-4-3-5-8(9)6-7/h3-5,8-9,12-13,17H,10-11,14H2,1-2H3;6-7,10,12H,5,8-9,11H2,1-4H3,(H,21,24);3-4,7,9H,5-6,8H2,1-2H3;2-3,6,8,15H,4-5,7H2,1H3;7H,4-6H2,1-3H3,(H,12,13);3-5H,2,11H2,1H3;1,3-6H. The number of rotatable bonds is 10. The number of likely N-dealkylation sites (N-methyl/N-ethyl adjacent to an activating group) is 2. The van der Waals surface area contributed by atoms with Gasteiger partial charge in [0.1, 0.15) is 40.3 Å². The number of likely N-dealkylation sites (tertiary alicyclic amines) is 4. The summed E-state index contributed by atoms with van der Waals surface area (Å²) in [5, 5.41) is 16.9. The van der Waals surface area contributed by atoms with Gasteiger partial charge in [0.25, 0.3) is 16.7 Å². The van der Waals surface area contributed by atoms with Crippen LogP contribution in [0.5, 0.6) is 0 Å². The largest absolute Gasteiger partial charge is 0.481 e. The number of halogens is 6.